The Morgan fingerprint density at radius 1 is 1.48 bits per heavy atom. The van der Waals surface area contributed by atoms with E-state index in [1.807, 2.05) is 6.92 Å². The van der Waals surface area contributed by atoms with E-state index in [1.165, 1.54) is 17.4 Å². The Labute approximate surface area is 120 Å². The van der Waals surface area contributed by atoms with E-state index in [1.54, 1.807) is 6.07 Å². The quantitative estimate of drug-likeness (QED) is 0.923. The van der Waals surface area contributed by atoms with Gasteiger partial charge in [0.2, 0.25) is 0 Å². The molecule has 1 aliphatic heterocycles. The maximum Gasteiger partial charge on any atom is 0.331 e. The van der Waals surface area contributed by atoms with Crippen LogP contribution in [0.1, 0.15) is 40.7 Å². The Hall–Kier alpha value is -2.57. The lowest BCUT2D eigenvalue weighted by molar-refractivity contribution is -0.143. The molecule has 0 aliphatic carbocycles. The Kier molecular flexibility index (Phi) is 3.25. The fraction of sp³-hybridized carbons (Fsp3) is 0.357. The SMILES string of the molecule is CCc1nc(C(=O)N2CCc3occc3C2C(=O)O)co1. The second kappa shape index (κ2) is 5.08. The van der Waals surface area contributed by atoms with Gasteiger partial charge >= 0.3 is 5.97 Å². The number of carboxylic acid groups (broad SMARTS) is 1. The highest BCUT2D eigenvalue weighted by molar-refractivity contribution is 5.95. The molecule has 1 aliphatic rings. The number of amides is 1. The standard InChI is InChI=1S/C14H14N2O5/c1-2-11-15-9(7-21-11)13(17)16-5-3-10-8(4-6-20-10)12(16)14(18)19/h4,6-7,12H,2-3,5H2,1H3,(H,18,19). The monoisotopic (exact) mass is 290 g/mol. The van der Waals surface area contributed by atoms with Gasteiger partial charge in [0.25, 0.3) is 5.91 Å². The number of hydrogen-bond acceptors (Lipinski definition) is 5. The molecule has 0 aromatic carbocycles. The molecule has 21 heavy (non-hydrogen) atoms. The maximum atomic E-state index is 12.5. The summed E-state index contributed by atoms with van der Waals surface area (Å²) in [4.78, 5) is 29.4. The summed E-state index contributed by atoms with van der Waals surface area (Å²) in [6, 6.07) is 0.537. The fourth-order valence-electron chi connectivity index (χ4n) is 2.52. The van der Waals surface area contributed by atoms with Crippen LogP contribution in [-0.4, -0.2) is 33.4 Å². The summed E-state index contributed by atoms with van der Waals surface area (Å²) in [5.74, 6) is -0.477. The number of nitrogens with zero attached hydrogens (tertiary/aromatic N) is 2. The average molecular weight is 290 g/mol. The van der Waals surface area contributed by atoms with E-state index in [0.717, 1.165) is 0 Å². The minimum atomic E-state index is -1.09. The normalized spacial score (nSPS) is 17.6. The topological polar surface area (TPSA) is 96.8 Å². The molecular weight excluding hydrogens is 276 g/mol. The lowest BCUT2D eigenvalue weighted by atomic mass is 9.99. The van der Waals surface area contributed by atoms with Crippen molar-refractivity contribution in [2.75, 3.05) is 6.54 Å². The largest absolute Gasteiger partial charge is 0.479 e. The van der Waals surface area contributed by atoms with Gasteiger partial charge in [-0.15, -0.1) is 0 Å². The van der Waals surface area contributed by atoms with E-state index in [2.05, 4.69) is 4.98 Å². The molecule has 0 bridgehead atoms. The molecule has 0 radical (unpaired) electrons. The van der Waals surface area contributed by atoms with Crippen molar-refractivity contribution in [1.82, 2.24) is 9.88 Å². The molecule has 7 nitrogen and oxygen atoms in total. The molecule has 110 valence electrons. The molecule has 2 aromatic heterocycles. The van der Waals surface area contributed by atoms with Crippen molar-refractivity contribution < 1.29 is 23.5 Å². The third-order valence-electron chi connectivity index (χ3n) is 3.53. The van der Waals surface area contributed by atoms with Crippen LogP contribution >= 0.6 is 0 Å². The van der Waals surface area contributed by atoms with Gasteiger partial charge in [-0.3, -0.25) is 4.79 Å². The second-order valence-electron chi connectivity index (χ2n) is 4.77. The van der Waals surface area contributed by atoms with Gasteiger partial charge < -0.3 is 18.8 Å². The number of oxazole rings is 1. The van der Waals surface area contributed by atoms with Crippen molar-refractivity contribution >= 4 is 11.9 Å². The molecule has 0 saturated carbocycles. The number of furan rings is 1. The molecule has 3 heterocycles. The van der Waals surface area contributed by atoms with Crippen LogP contribution in [0.25, 0.3) is 0 Å². The van der Waals surface area contributed by atoms with Gasteiger partial charge in [0.05, 0.1) is 6.26 Å². The molecule has 7 heteroatoms. The number of carbonyl (C=O) groups is 2. The molecular formula is C14H14N2O5. The number of fused-ring (bicyclic) bond motifs is 1. The van der Waals surface area contributed by atoms with E-state index in [0.29, 0.717) is 30.1 Å². The van der Waals surface area contributed by atoms with Gasteiger partial charge in [-0.25, -0.2) is 9.78 Å². The number of rotatable bonds is 3. The summed E-state index contributed by atoms with van der Waals surface area (Å²) in [5, 5.41) is 9.44. The molecule has 2 aromatic rings. The molecule has 3 rings (SSSR count). The minimum absolute atomic E-state index is 0.130. The zero-order valence-electron chi connectivity index (χ0n) is 11.4. The summed E-state index contributed by atoms with van der Waals surface area (Å²) in [7, 11) is 0. The smallest absolute Gasteiger partial charge is 0.331 e. The molecule has 1 atom stereocenters. The Bertz CT molecular complexity index is 687. The van der Waals surface area contributed by atoms with Crippen LogP contribution in [0.2, 0.25) is 0 Å². The summed E-state index contributed by atoms with van der Waals surface area (Å²) in [6.45, 7) is 2.13. The van der Waals surface area contributed by atoms with E-state index < -0.39 is 17.9 Å². The van der Waals surface area contributed by atoms with Crippen LogP contribution < -0.4 is 0 Å². The first-order chi connectivity index (χ1) is 10.1. The van der Waals surface area contributed by atoms with Gasteiger partial charge in [-0.2, -0.15) is 0 Å². The van der Waals surface area contributed by atoms with Gasteiger partial charge in [0.1, 0.15) is 12.0 Å². The van der Waals surface area contributed by atoms with Gasteiger partial charge in [-0.1, -0.05) is 6.92 Å². The third-order valence-corrected chi connectivity index (χ3v) is 3.53. The van der Waals surface area contributed by atoms with Crippen LogP contribution in [0.5, 0.6) is 0 Å². The first kappa shape index (κ1) is 13.4. The van der Waals surface area contributed by atoms with Crippen molar-refractivity contribution in [2.24, 2.45) is 0 Å². The Morgan fingerprint density at radius 3 is 2.95 bits per heavy atom. The van der Waals surface area contributed by atoms with Gasteiger partial charge in [-0.05, 0) is 6.07 Å². The summed E-state index contributed by atoms with van der Waals surface area (Å²) in [6.07, 6.45) is 3.77. The Morgan fingerprint density at radius 2 is 2.29 bits per heavy atom. The molecule has 0 fully saturated rings. The van der Waals surface area contributed by atoms with E-state index in [4.69, 9.17) is 8.83 Å². The Balaban J connectivity index is 1.94. The van der Waals surface area contributed by atoms with Gasteiger partial charge in [0, 0.05) is 24.9 Å². The predicted octanol–water partition coefficient (Wildman–Crippen LogP) is 1.65. The second-order valence-corrected chi connectivity index (χ2v) is 4.77. The highest BCUT2D eigenvalue weighted by Crippen LogP contribution is 2.31. The number of carbonyl (C=O) groups excluding carboxylic acids is 1. The molecule has 0 spiro atoms. The number of aryl methyl sites for hydroxylation is 1. The zero-order valence-corrected chi connectivity index (χ0v) is 11.4. The first-order valence-corrected chi connectivity index (χ1v) is 6.66. The molecule has 1 amide bonds. The highest BCUT2D eigenvalue weighted by Gasteiger charge is 2.38. The van der Waals surface area contributed by atoms with Crippen LogP contribution in [0, 0.1) is 0 Å². The summed E-state index contributed by atoms with van der Waals surface area (Å²) < 4.78 is 10.4. The van der Waals surface area contributed by atoms with Crippen LogP contribution in [0.4, 0.5) is 0 Å². The minimum Gasteiger partial charge on any atom is -0.479 e. The molecule has 1 N–H and O–H groups in total. The van der Waals surface area contributed by atoms with Crippen molar-refractivity contribution in [3.8, 4) is 0 Å². The predicted molar refractivity (Wildman–Crippen MR) is 69.7 cm³/mol. The van der Waals surface area contributed by atoms with Crippen LogP contribution in [-0.2, 0) is 17.6 Å². The van der Waals surface area contributed by atoms with Crippen molar-refractivity contribution in [3.63, 3.8) is 0 Å². The summed E-state index contributed by atoms with van der Waals surface area (Å²) in [5.41, 5.74) is 0.645. The van der Waals surface area contributed by atoms with E-state index >= 15 is 0 Å². The van der Waals surface area contributed by atoms with Crippen molar-refractivity contribution in [1.29, 1.82) is 0 Å². The van der Waals surface area contributed by atoms with E-state index in [9.17, 15) is 14.7 Å². The number of carboxylic acids is 1. The number of aliphatic carboxylic acids is 1. The lowest BCUT2D eigenvalue weighted by Crippen LogP contribution is -2.43. The van der Waals surface area contributed by atoms with Crippen molar-refractivity contribution in [2.45, 2.75) is 25.8 Å². The number of aromatic nitrogens is 1. The average Bonchev–Trinajstić information content (AvgIpc) is 3.13. The third kappa shape index (κ3) is 2.20. The molecule has 1 unspecified atom stereocenters. The maximum absolute atomic E-state index is 12.5. The molecule has 0 saturated heterocycles. The van der Waals surface area contributed by atoms with E-state index in [-0.39, 0.29) is 12.2 Å². The highest BCUT2D eigenvalue weighted by atomic mass is 16.4. The van der Waals surface area contributed by atoms with Crippen LogP contribution in [0.15, 0.2) is 27.4 Å². The first-order valence-electron chi connectivity index (χ1n) is 6.66. The van der Waals surface area contributed by atoms with Gasteiger partial charge in [0.15, 0.2) is 17.6 Å². The van der Waals surface area contributed by atoms with Crippen LogP contribution in [0.3, 0.4) is 0 Å². The number of hydrogen-bond donors (Lipinski definition) is 1. The lowest BCUT2D eigenvalue weighted by Gasteiger charge is -2.31. The fourth-order valence-corrected chi connectivity index (χ4v) is 2.52. The summed E-state index contributed by atoms with van der Waals surface area (Å²) >= 11 is 0. The van der Waals surface area contributed by atoms with Crippen molar-refractivity contribution in [3.05, 3.63) is 41.5 Å². The zero-order chi connectivity index (χ0) is 15.0.